The molecular formula is C47H39F2N8O7S+. The van der Waals surface area contributed by atoms with Crippen molar-refractivity contribution in [1.29, 1.82) is 0 Å². The number of nitrogens with zero attached hydrogens (tertiary/aromatic N) is 3. The van der Waals surface area contributed by atoms with Gasteiger partial charge in [-0.25, -0.2) is 22.7 Å². The number of imidazole rings is 1. The number of pyridine rings is 1. The largest absolute Gasteiger partial charge is 0.481 e. The van der Waals surface area contributed by atoms with E-state index >= 15 is 4.39 Å². The Morgan fingerprint density at radius 1 is 0.723 bits per heavy atom. The highest BCUT2D eigenvalue weighted by atomic mass is 32.2. The lowest BCUT2D eigenvalue weighted by molar-refractivity contribution is -0.659. The van der Waals surface area contributed by atoms with Crippen LogP contribution in [0.4, 0.5) is 36.3 Å². The van der Waals surface area contributed by atoms with Crippen molar-refractivity contribution in [3.05, 3.63) is 174 Å². The number of aryl methyl sites for hydroxylation is 2. The van der Waals surface area contributed by atoms with Gasteiger partial charge in [-0.1, -0.05) is 30.3 Å². The van der Waals surface area contributed by atoms with E-state index in [2.05, 4.69) is 31.6 Å². The lowest BCUT2D eigenvalue weighted by Crippen LogP contribution is -2.32. The Balaban J connectivity index is 0.945. The minimum atomic E-state index is -1.10. The number of halogens is 2. The monoisotopic (exact) mass is 897 g/mol. The summed E-state index contributed by atoms with van der Waals surface area (Å²) in [5.41, 5.74) is 3.29. The Morgan fingerprint density at radius 2 is 1.49 bits per heavy atom. The first kappa shape index (κ1) is 44.7. The van der Waals surface area contributed by atoms with Crippen LogP contribution in [0, 0.1) is 18.6 Å². The van der Waals surface area contributed by atoms with Crippen LogP contribution in [0.2, 0.25) is 0 Å². The molecule has 7 aromatic rings. The number of hydrogen-bond donors (Lipinski definition) is 6. The lowest BCUT2D eigenvalue weighted by atomic mass is 10.1. The molecule has 65 heavy (non-hydrogen) atoms. The first-order valence-corrected chi connectivity index (χ1v) is 20.7. The molecule has 0 radical (unpaired) electrons. The summed E-state index contributed by atoms with van der Waals surface area (Å²) in [7, 11) is 1.84. The number of thioether (sulfide) groups is 1. The second-order valence-electron chi connectivity index (χ2n) is 14.3. The number of carboxylic acid groups (broad SMARTS) is 1. The van der Waals surface area contributed by atoms with Gasteiger partial charge in [0, 0.05) is 51.4 Å². The van der Waals surface area contributed by atoms with Crippen molar-refractivity contribution in [2.75, 3.05) is 27.0 Å². The summed E-state index contributed by atoms with van der Waals surface area (Å²) in [6.07, 6.45) is 4.96. The zero-order valence-corrected chi connectivity index (χ0v) is 35.4. The van der Waals surface area contributed by atoms with Crippen molar-refractivity contribution in [2.24, 2.45) is 7.05 Å². The van der Waals surface area contributed by atoms with E-state index in [1.54, 1.807) is 71.4 Å². The predicted molar refractivity (Wildman–Crippen MR) is 240 cm³/mol. The van der Waals surface area contributed by atoms with Crippen molar-refractivity contribution in [1.82, 2.24) is 14.9 Å². The van der Waals surface area contributed by atoms with Gasteiger partial charge in [0.1, 0.15) is 41.2 Å². The average molecular weight is 898 g/mol. The van der Waals surface area contributed by atoms with Crippen molar-refractivity contribution in [3.63, 3.8) is 0 Å². The van der Waals surface area contributed by atoms with E-state index in [0.29, 0.717) is 28.3 Å². The van der Waals surface area contributed by atoms with Gasteiger partial charge in [0.25, 0.3) is 23.5 Å². The Bertz CT molecular complexity index is 2950. The molecular weight excluding hydrogens is 859 g/mol. The van der Waals surface area contributed by atoms with Crippen molar-refractivity contribution in [3.8, 4) is 22.9 Å². The van der Waals surface area contributed by atoms with E-state index in [4.69, 9.17) is 9.84 Å². The van der Waals surface area contributed by atoms with Gasteiger partial charge in [-0.05, 0) is 91.3 Å². The van der Waals surface area contributed by atoms with Crippen LogP contribution >= 0.6 is 11.8 Å². The van der Waals surface area contributed by atoms with Crippen LogP contribution in [0.15, 0.2) is 145 Å². The Hall–Kier alpha value is -8.38. The molecule has 5 amide bonds. The van der Waals surface area contributed by atoms with Gasteiger partial charge in [-0.15, -0.1) is 11.8 Å². The first-order chi connectivity index (χ1) is 31.3. The number of rotatable bonds is 15. The maximum absolute atomic E-state index is 15.1. The van der Waals surface area contributed by atoms with Gasteiger partial charge in [-0.3, -0.25) is 24.2 Å². The van der Waals surface area contributed by atoms with E-state index in [1.807, 2.05) is 36.9 Å². The highest BCUT2D eigenvalue weighted by Crippen LogP contribution is 2.28. The number of hydrogen-bond acceptors (Lipinski definition) is 8. The number of nitrogens with one attached hydrogen (secondary N) is 5. The molecule has 0 saturated carbocycles. The van der Waals surface area contributed by atoms with Gasteiger partial charge in [0.2, 0.25) is 0 Å². The summed E-state index contributed by atoms with van der Waals surface area (Å²) in [4.78, 5) is 67.1. The molecule has 5 aromatic carbocycles. The van der Waals surface area contributed by atoms with Gasteiger partial charge in [-0.2, -0.15) is 0 Å². The smallest absolute Gasteiger partial charge is 0.323 e. The molecule has 7 rings (SSSR count). The topological polar surface area (TPSA) is 197 Å². The molecule has 0 unspecified atom stereocenters. The number of ether oxygens (including phenoxy) is 1. The van der Waals surface area contributed by atoms with Crippen LogP contribution in [-0.4, -0.2) is 50.1 Å². The Labute approximate surface area is 374 Å². The van der Waals surface area contributed by atoms with Crippen LogP contribution in [-0.2, 0) is 18.5 Å². The van der Waals surface area contributed by atoms with E-state index in [1.165, 1.54) is 42.6 Å². The fraction of sp³-hybridized carbons (Fsp3) is 0.0851. The minimum absolute atomic E-state index is 0.0181. The molecule has 2 heterocycles. The maximum Gasteiger partial charge on any atom is 0.323 e. The van der Waals surface area contributed by atoms with Crippen LogP contribution in [0.25, 0.3) is 11.4 Å². The molecule has 15 nitrogen and oxygen atoms in total. The number of carbonyl (C=O) groups is 5. The van der Waals surface area contributed by atoms with E-state index in [0.717, 1.165) is 35.0 Å². The number of anilines is 4. The molecule has 18 heteroatoms. The zero-order valence-electron chi connectivity index (χ0n) is 34.6. The number of carboxylic acids is 1. The Kier molecular flexibility index (Phi) is 13.9. The average Bonchev–Trinajstić information content (AvgIpc) is 3.66. The van der Waals surface area contributed by atoms with Gasteiger partial charge in [0.05, 0.1) is 24.1 Å². The summed E-state index contributed by atoms with van der Waals surface area (Å²) < 4.78 is 38.9. The van der Waals surface area contributed by atoms with E-state index < -0.39 is 29.5 Å². The summed E-state index contributed by atoms with van der Waals surface area (Å²) in [6, 6.07) is 30.5. The van der Waals surface area contributed by atoms with E-state index in [9.17, 15) is 28.4 Å². The summed E-state index contributed by atoms with van der Waals surface area (Å²) in [5, 5.41) is 22.2. The number of amides is 5. The van der Waals surface area contributed by atoms with E-state index in [-0.39, 0.29) is 57.7 Å². The third kappa shape index (κ3) is 11.6. The molecule has 328 valence electrons. The predicted octanol–water partition coefficient (Wildman–Crippen LogP) is 8.47. The number of benzene rings is 5. The van der Waals surface area contributed by atoms with Crippen LogP contribution in [0.3, 0.4) is 0 Å². The standard InChI is InChI=1S/C47H38F2N8O7S/c1-28-11-12-30(22-39(28)54-43(60)29-7-4-3-5-8-29)44(61)52-32-10-6-9-31(21-32)46-56(2)19-20-57(46)27-51-45(62)40-25-35(17-18-50-40)64-34-14-15-38(36(48)24-34)55-47(63)53-33-13-16-41(37(49)23-33)65-26-42(58)59/h3-25H,26-27H2,1-2H3,(H5-,51,52,53,54,55,58,59,60,61,62,63)/p+1. The Morgan fingerprint density at radius 3 is 2.26 bits per heavy atom. The highest BCUT2D eigenvalue weighted by Gasteiger charge is 2.20. The number of urea groups is 1. The van der Waals surface area contributed by atoms with Gasteiger partial charge in [0.15, 0.2) is 6.67 Å². The molecule has 0 saturated heterocycles. The lowest BCUT2D eigenvalue weighted by Gasteiger charge is -2.12. The third-order valence-corrected chi connectivity index (χ3v) is 10.6. The molecule has 0 atom stereocenters. The quantitative estimate of drug-likeness (QED) is 0.0432. The third-order valence-electron chi connectivity index (χ3n) is 9.58. The van der Waals surface area contributed by atoms with Gasteiger partial charge < -0.3 is 36.4 Å². The number of aliphatic carboxylic acids is 1. The SMILES string of the molecule is Cc1ccc(C(=O)Nc2cccc(-c3n(CNC(=O)c4cc(Oc5ccc(NC(=O)Nc6ccc(SCC(=O)O)c(F)c6)c(F)c5)ccn4)cc[n+]3C)c2)cc1NC(=O)c1ccccc1. The highest BCUT2D eigenvalue weighted by molar-refractivity contribution is 8.00. The summed E-state index contributed by atoms with van der Waals surface area (Å²) in [6.45, 7) is 1.88. The number of aromatic nitrogens is 3. The van der Waals surface area contributed by atoms with Crippen LogP contribution < -0.4 is 35.9 Å². The molecule has 0 aliphatic rings. The van der Waals surface area contributed by atoms with Crippen molar-refractivity contribution < 1.29 is 47.2 Å². The summed E-state index contributed by atoms with van der Waals surface area (Å²) >= 11 is 0.790. The molecule has 0 fully saturated rings. The van der Waals surface area contributed by atoms with Crippen LogP contribution in [0.5, 0.6) is 11.5 Å². The first-order valence-electron chi connectivity index (χ1n) is 19.7. The summed E-state index contributed by atoms with van der Waals surface area (Å²) in [5.74, 6) is -3.25. The fourth-order valence-electron chi connectivity index (χ4n) is 6.41. The molecule has 2 aromatic heterocycles. The second kappa shape index (κ2) is 20.2. The molecule has 0 spiro atoms. The minimum Gasteiger partial charge on any atom is -0.481 e. The number of carbonyl (C=O) groups excluding carboxylic acids is 4. The second-order valence-corrected chi connectivity index (χ2v) is 15.3. The van der Waals surface area contributed by atoms with Crippen molar-refractivity contribution in [2.45, 2.75) is 18.5 Å². The van der Waals surface area contributed by atoms with Crippen molar-refractivity contribution >= 4 is 64.2 Å². The normalized spacial score (nSPS) is 10.7. The molecule has 0 aliphatic carbocycles. The molecule has 0 aliphatic heterocycles. The fourth-order valence-corrected chi connectivity index (χ4v) is 7.05. The zero-order chi connectivity index (χ0) is 46.0. The van der Waals surface area contributed by atoms with Crippen LogP contribution in [0.1, 0.15) is 36.8 Å². The molecule has 6 N–H and O–H groups in total. The van der Waals surface area contributed by atoms with Gasteiger partial charge >= 0.3 is 12.0 Å². The maximum atomic E-state index is 15.1. The molecule has 0 bridgehead atoms.